The number of non-ortho nitro benzene ring substituents is 2. The Morgan fingerprint density at radius 3 is 1.45 bits per heavy atom. The number of para-hydroxylation sites is 1. The summed E-state index contributed by atoms with van der Waals surface area (Å²) in [5.41, 5.74) is 20.1. The Morgan fingerprint density at radius 1 is 0.477 bits per heavy atom. The molecule has 232 valence electrons. The lowest BCUT2D eigenvalue weighted by molar-refractivity contribution is -0.385. The Morgan fingerprint density at radius 2 is 1.00 bits per heavy atom. The molecule has 0 aliphatic heterocycles. The highest BCUT2D eigenvalue weighted by molar-refractivity contribution is 5.66. The molecule has 0 atom stereocenters. The van der Waals surface area contributed by atoms with E-state index in [1.807, 2.05) is 0 Å². The van der Waals surface area contributed by atoms with Gasteiger partial charge in [-0.1, -0.05) is 6.07 Å². The van der Waals surface area contributed by atoms with Crippen LogP contribution in [-0.2, 0) is 0 Å². The summed E-state index contributed by atoms with van der Waals surface area (Å²) in [5.74, 6) is -1.04. The molecule has 0 saturated heterocycles. The number of anilines is 4. The van der Waals surface area contributed by atoms with Crippen molar-refractivity contribution in [3.8, 4) is 23.0 Å². The van der Waals surface area contributed by atoms with Crippen LogP contribution >= 0.6 is 0 Å². The second-order valence-corrected chi connectivity index (χ2v) is 7.97. The van der Waals surface area contributed by atoms with E-state index in [-0.39, 0.29) is 68.5 Å². The normalized spacial score (nSPS) is 9.45. The molecule has 0 heterocycles. The topological polar surface area (TPSA) is 358 Å². The molecular weight excluding hydrogens is 592 g/mol. The SMILES string of the molecule is Nc1c(O)cccc1[N+](=O)[O-].Nc1cc([N+](=O)[O-])ccc1O.Nc1ccc(O)c([N+](=O)[O-])c1.Nc1ccc([N+](=O)[O-])cc1O. The number of phenolic OH excluding ortho intramolecular Hbond substituents is 4. The third-order valence-corrected chi connectivity index (χ3v) is 4.90. The minimum Gasteiger partial charge on any atom is -0.506 e. The molecule has 0 unspecified atom stereocenters. The second kappa shape index (κ2) is 15.6. The zero-order valence-electron chi connectivity index (χ0n) is 22.1. The Balaban J connectivity index is 0.000000293. The number of rotatable bonds is 4. The molecule has 0 aliphatic carbocycles. The molecule has 0 amide bonds. The van der Waals surface area contributed by atoms with Crippen molar-refractivity contribution in [1.29, 1.82) is 0 Å². The van der Waals surface area contributed by atoms with Crippen molar-refractivity contribution in [3.05, 3.63) is 113 Å². The largest absolute Gasteiger partial charge is 0.506 e. The number of nitrogen functional groups attached to an aromatic ring is 4. The highest BCUT2D eigenvalue weighted by atomic mass is 16.6. The van der Waals surface area contributed by atoms with Crippen LogP contribution in [0.2, 0.25) is 0 Å². The Bertz CT molecular complexity index is 1610. The van der Waals surface area contributed by atoms with Crippen molar-refractivity contribution < 1.29 is 40.1 Å². The van der Waals surface area contributed by atoms with Gasteiger partial charge in [-0.15, -0.1) is 0 Å². The molecule has 0 aliphatic rings. The fourth-order valence-electron chi connectivity index (χ4n) is 2.69. The van der Waals surface area contributed by atoms with E-state index < -0.39 is 19.7 Å². The predicted octanol–water partition coefficient (Wildman–Crippen LogP) is 3.53. The number of nitro benzene ring substituents is 4. The number of nitrogens with two attached hydrogens (primary N) is 4. The minimum atomic E-state index is -0.689. The van der Waals surface area contributed by atoms with E-state index in [0.29, 0.717) is 0 Å². The molecule has 20 nitrogen and oxygen atoms in total. The maximum Gasteiger partial charge on any atom is 0.312 e. The van der Waals surface area contributed by atoms with Crippen molar-refractivity contribution in [2.75, 3.05) is 22.9 Å². The Kier molecular flexibility index (Phi) is 12.4. The van der Waals surface area contributed by atoms with Crippen LogP contribution < -0.4 is 22.9 Å². The highest BCUT2D eigenvalue weighted by Crippen LogP contribution is 2.29. The number of benzene rings is 4. The summed E-state index contributed by atoms with van der Waals surface area (Å²) in [6.45, 7) is 0. The third kappa shape index (κ3) is 10.5. The van der Waals surface area contributed by atoms with E-state index in [1.165, 1.54) is 54.6 Å². The number of phenols is 4. The fraction of sp³-hybridized carbons (Fsp3) is 0. The standard InChI is InChI=1S/4C6H6N2O3/c7-5-3-4(8(10)11)1-2-6(5)9;7-4-1-2-6(9)5(3-4)8(10)11;7-5-2-1-4(8(10)11)3-6(5)9;7-6-4(8(10)11)2-1-3-5(6)9/h4*1-3,9H,7H2. The van der Waals surface area contributed by atoms with Gasteiger partial charge in [0, 0.05) is 36.0 Å². The van der Waals surface area contributed by atoms with Crippen molar-refractivity contribution in [2.24, 2.45) is 0 Å². The monoisotopic (exact) mass is 616 g/mol. The summed E-state index contributed by atoms with van der Waals surface area (Å²) in [5, 5.41) is 76.2. The molecule has 4 aromatic rings. The molecule has 20 heteroatoms. The first kappa shape index (κ1) is 34.9. The summed E-state index contributed by atoms with van der Waals surface area (Å²) >= 11 is 0. The number of aromatic hydroxyl groups is 4. The van der Waals surface area contributed by atoms with Crippen LogP contribution in [0.4, 0.5) is 45.5 Å². The van der Waals surface area contributed by atoms with E-state index >= 15 is 0 Å². The first-order valence-corrected chi connectivity index (χ1v) is 11.4. The fourth-order valence-corrected chi connectivity index (χ4v) is 2.69. The molecule has 4 aromatic carbocycles. The van der Waals surface area contributed by atoms with Gasteiger partial charge in [-0.25, -0.2) is 0 Å². The first-order chi connectivity index (χ1) is 20.5. The first-order valence-electron chi connectivity index (χ1n) is 11.4. The molecule has 0 saturated carbocycles. The van der Waals surface area contributed by atoms with Gasteiger partial charge in [0.05, 0.1) is 37.1 Å². The lowest BCUT2D eigenvalue weighted by atomic mass is 10.2. The number of nitrogens with zero attached hydrogens (tertiary/aromatic N) is 4. The van der Waals surface area contributed by atoms with E-state index in [1.54, 1.807) is 0 Å². The van der Waals surface area contributed by atoms with Crippen molar-refractivity contribution in [2.45, 2.75) is 0 Å². The van der Waals surface area contributed by atoms with Gasteiger partial charge >= 0.3 is 5.69 Å². The van der Waals surface area contributed by atoms with Gasteiger partial charge in [-0.2, -0.15) is 0 Å². The average Bonchev–Trinajstić information content (AvgIpc) is 2.95. The van der Waals surface area contributed by atoms with Crippen LogP contribution in [0.5, 0.6) is 23.0 Å². The van der Waals surface area contributed by atoms with E-state index in [9.17, 15) is 40.5 Å². The molecule has 0 fully saturated rings. The van der Waals surface area contributed by atoms with Crippen LogP contribution in [-0.4, -0.2) is 40.1 Å². The van der Waals surface area contributed by atoms with Crippen LogP contribution in [0.15, 0.2) is 72.8 Å². The molecule has 44 heavy (non-hydrogen) atoms. The molecule has 4 rings (SSSR count). The van der Waals surface area contributed by atoms with Crippen molar-refractivity contribution in [1.82, 2.24) is 0 Å². The smallest absolute Gasteiger partial charge is 0.312 e. The maximum atomic E-state index is 10.2. The van der Waals surface area contributed by atoms with Crippen LogP contribution in [0, 0.1) is 40.5 Å². The Hall–Kier alpha value is -7.12. The summed E-state index contributed by atoms with van der Waals surface area (Å²) in [6, 6.07) is 14.6. The van der Waals surface area contributed by atoms with Crippen LogP contribution in [0.25, 0.3) is 0 Å². The average molecular weight is 617 g/mol. The second-order valence-electron chi connectivity index (χ2n) is 7.97. The quantitative estimate of drug-likeness (QED) is 0.0534. The Labute approximate surface area is 245 Å². The molecule has 0 aromatic heterocycles. The molecule has 12 N–H and O–H groups in total. The third-order valence-electron chi connectivity index (χ3n) is 4.90. The van der Waals surface area contributed by atoms with Gasteiger partial charge in [-0.05, 0) is 30.3 Å². The number of hydrogen-bond donors (Lipinski definition) is 8. The van der Waals surface area contributed by atoms with Crippen molar-refractivity contribution in [3.63, 3.8) is 0 Å². The van der Waals surface area contributed by atoms with Gasteiger partial charge in [0.25, 0.3) is 17.1 Å². The molecule has 0 radical (unpaired) electrons. The number of nitro groups is 4. The molecule has 0 bridgehead atoms. The van der Waals surface area contributed by atoms with Gasteiger partial charge < -0.3 is 43.4 Å². The van der Waals surface area contributed by atoms with Gasteiger partial charge in [0.2, 0.25) is 0 Å². The lowest BCUT2D eigenvalue weighted by Crippen LogP contribution is -1.94. The zero-order valence-corrected chi connectivity index (χ0v) is 22.1. The summed E-state index contributed by atoms with van der Waals surface area (Å²) in [4.78, 5) is 38.1. The predicted molar refractivity (Wildman–Crippen MR) is 157 cm³/mol. The summed E-state index contributed by atoms with van der Waals surface area (Å²) in [7, 11) is 0. The van der Waals surface area contributed by atoms with Crippen LogP contribution in [0.1, 0.15) is 0 Å². The summed E-state index contributed by atoms with van der Waals surface area (Å²) in [6.07, 6.45) is 0. The zero-order chi connectivity index (χ0) is 33.7. The molecular formula is C24H24N8O12. The van der Waals surface area contributed by atoms with E-state index in [2.05, 4.69) is 0 Å². The summed E-state index contributed by atoms with van der Waals surface area (Å²) < 4.78 is 0. The number of hydrogen-bond acceptors (Lipinski definition) is 16. The highest BCUT2D eigenvalue weighted by Gasteiger charge is 2.13. The minimum absolute atomic E-state index is 0.0131. The lowest BCUT2D eigenvalue weighted by Gasteiger charge is -1.97. The van der Waals surface area contributed by atoms with Gasteiger partial charge in [-0.3, -0.25) is 40.5 Å². The molecule has 0 spiro atoms. The van der Waals surface area contributed by atoms with Gasteiger partial charge in [0.15, 0.2) is 11.4 Å². The van der Waals surface area contributed by atoms with Crippen molar-refractivity contribution >= 4 is 45.5 Å². The van der Waals surface area contributed by atoms with E-state index in [0.717, 1.165) is 18.2 Å². The maximum absolute atomic E-state index is 10.2. The van der Waals surface area contributed by atoms with E-state index in [4.69, 9.17) is 43.4 Å². The van der Waals surface area contributed by atoms with Crippen LogP contribution in [0.3, 0.4) is 0 Å². The van der Waals surface area contributed by atoms with Gasteiger partial charge in [0.1, 0.15) is 17.2 Å².